The molecule has 0 fully saturated rings. The van der Waals surface area contributed by atoms with Gasteiger partial charge in [0.15, 0.2) is 0 Å². The smallest absolute Gasteiger partial charge is 0.262 e. The second kappa shape index (κ2) is 5.65. The van der Waals surface area contributed by atoms with Gasteiger partial charge in [0.25, 0.3) is 10.0 Å². The molecule has 0 heterocycles. The molecule has 21 heavy (non-hydrogen) atoms. The molecule has 0 saturated heterocycles. The average Bonchev–Trinajstić information content (AvgIpc) is 2.44. The van der Waals surface area contributed by atoms with Crippen molar-refractivity contribution in [3.8, 4) is 5.75 Å². The molecule has 2 aromatic rings. The zero-order valence-corrected chi connectivity index (χ0v) is 13.0. The summed E-state index contributed by atoms with van der Waals surface area (Å²) < 4.78 is 32.6. The first kappa shape index (κ1) is 15.2. The fraction of sp³-hybridized carbons (Fsp3) is 0.200. The Labute approximate surface area is 124 Å². The zero-order chi connectivity index (χ0) is 15.6. The number of ether oxygens (including phenoxy) is 1. The Hall–Kier alpha value is -2.21. The Morgan fingerprint density at radius 3 is 2.43 bits per heavy atom. The summed E-state index contributed by atoms with van der Waals surface area (Å²) in [7, 11) is -2.23. The SMILES string of the molecule is COc1ccccc1NS(=O)(=O)c1cc(C)c(C)c(N)c1. The quantitative estimate of drug-likeness (QED) is 0.851. The van der Waals surface area contributed by atoms with Crippen molar-refractivity contribution < 1.29 is 13.2 Å². The number of aryl methyl sites for hydroxylation is 1. The van der Waals surface area contributed by atoms with Crippen LogP contribution in [0.15, 0.2) is 41.3 Å². The van der Waals surface area contributed by atoms with Crippen molar-refractivity contribution in [1.82, 2.24) is 0 Å². The Morgan fingerprint density at radius 1 is 1.14 bits per heavy atom. The number of hydrogen-bond donors (Lipinski definition) is 2. The molecular formula is C15H18N2O3S. The third-order valence-electron chi connectivity index (χ3n) is 3.34. The molecule has 3 N–H and O–H groups in total. The summed E-state index contributed by atoms with van der Waals surface area (Å²) in [6.45, 7) is 3.68. The molecule has 2 aromatic carbocycles. The van der Waals surface area contributed by atoms with Crippen LogP contribution in [0, 0.1) is 13.8 Å². The second-order valence-electron chi connectivity index (χ2n) is 4.76. The molecule has 0 unspecified atom stereocenters. The van der Waals surface area contributed by atoms with E-state index in [0.717, 1.165) is 11.1 Å². The van der Waals surface area contributed by atoms with E-state index in [0.29, 0.717) is 17.1 Å². The molecule has 0 radical (unpaired) electrons. The largest absolute Gasteiger partial charge is 0.495 e. The maximum absolute atomic E-state index is 12.5. The number of anilines is 2. The monoisotopic (exact) mass is 306 g/mol. The van der Waals surface area contributed by atoms with Crippen LogP contribution in [0.25, 0.3) is 0 Å². The first-order valence-corrected chi connectivity index (χ1v) is 7.86. The van der Waals surface area contributed by atoms with Crippen LogP contribution < -0.4 is 15.2 Å². The molecule has 112 valence electrons. The third-order valence-corrected chi connectivity index (χ3v) is 4.69. The lowest BCUT2D eigenvalue weighted by atomic mass is 10.1. The maximum atomic E-state index is 12.5. The van der Waals surface area contributed by atoms with Crippen LogP contribution >= 0.6 is 0 Å². The topological polar surface area (TPSA) is 81.4 Å². The summed E-state index contributed by atoms with van der Waals surface area (Å²) in [5, 5.41) is 0. The molecule has 0 saturated carbocycles. The molecule has 2 rings (SSSR count). The number of methoxy groups -OCH3 is 1. The van der Waals surface area contributed by atoms with Gasteiger partial charge in [0, 0.05) is 5.69 Å². The van der Waals surface area contributed by atoms with Gasteiger partial charge in [-0.1, -0.05) is 12.1 Å². The van der Waals surface area contributed by atoms with Crippen LogP contribution in [0.1, 0.15) is 11.1 Å². The van der Waals surface area contributed by atoms with Crippen molar-refractivity contribution in [1.29, 1.82) is 0 Å². The van der Waals surface area contributed by atoms with Crippen molar-refractivity contribution >= 4 is 21.4 Å². The number of hydrogen-bond acceptors (Lipinski definition) is 4. The summed E-state index contributed by atoms with van der Waals surface area (Å²) in [5.41, 5.74) is 8.40. The van der Waals surface area contributed by atoms with Gasteiger partial charge in [0.2, 0.25) is 0 Å². The van der Waals surface area contributed by atoms with E-state index in [2.05, 4.69) is 4.72 Å². The molecule has 6 heteroatoms. The van der Waals surface area contributed by atoms with E-state index in [1.807, 2.05) is 13.8 Å². The van der Waals surface area contributed by atoms with Crippen molar-refractivity contribution in [2.45, 2.75) is 18.7 Å². The van der Waals surface area contributed by atoms with Crippen LogP contribution in [-0.4, -0.2) is 15.5 Å². The van der Waals surface area contributed by atoms with E-state index in [1.165, 1.54) is 13.2 Å². The van der Waals surface area contributed by atoms with Gasteiger partial charge in [-0.15, -0.1) is 0 Å². The molecule has 0 aliphatic heterocycles. The fourth-order valence-corrected chi connectivity index (χ4v) is 3.13. The highest BCUT2D eigenvalue weighted by Crippen LogP contribution is 2.28. The summed E-state index contributed by atoms with van der Waals surface area (Å²) in [6.07, 6.45) is 0. The molecule has 0 aliphatic rings. The minimum Gasteiger partial charge on any atom is -0.495 e. The molecule has 5 nitrogen and oxygen atoms in total. The van der Waals surface area contributed by atoms with Crippen LogP contribution in [0.4, 0.5) is 11.4 Å². The van der Waals surface area contributed by atoms with Crippen LogP contribution in [-0.2, 0) is 10.0 Å². The van der Waals surface area contributed by atoms with E-state index in [-0.39, 0.29) is 4.90 Å². The van der Waals surface area contributed by atoms with Crippen molar-refractivity contribution in [3.05, 3.63) is 47.5 Å². The molecule has 0 aromatic heterocycles. The van der Waals surface area contributed by atoms with E-state index in [4.69, 9.17) is 10.5 Å². The highest BCUT2D eigenvalue weighted by molar-refractivity contribution is 7.92. The van der Waals surface area contributed by atoms with Gasteiger partial charge in [0.1, 0.15) is 5.75 Å². The first-order valence-electron chi connectivity index (χ1n) is 6.37. The van der Waals surface area contributed by atoms with Gasteiger partial charge in [0.05, 0.1) is 17.7 Å². The summed E-state index contributed by atoms with van der Waals surface area (Å²) in [4.78, 5) is 0.133. The van der Waals surface area contributed by atoms with E-state index in [1.54, 1.807) is 30.3 Å². The van der Waals surface area contributed by atoms with Gasteiger partial charge >= 0.3 is 0 Å². The van der Waals surface area contributed by atoms with Crippen molar-refractivity contribution in [2.75, 3.05) is 17.6 Å². The van der Waals surface area contributed by atoms with E-state index >= 15 is 0 Å². The van der Waals surface area contributed by atoms with Gasteiger partial charge in [-0.25, -0.2) is 8.42 Å². The normalized spacial score (nSPS) is 11.2. The van der Waals surface area contributed by atoms with E-state index < -0.39 is 10.0 Å². The summed E-state index contributed by atoms with van der Waals surface area (Å²) in [6, 6.07) is 9.89. The number of nitrogen functional groups attached to an aromatic ring is 1. The summed E-state index contributed by atoms with van der Waals surface area (Å²) >= 11 is 0. The van der Waals surface area contributed by atoms with Gasteiger partial charge in [-0.05, 0) is 49.2 Å². The molecule has 0 spiro atoms. The molecule has 0 amide bonds. The number of rotatable bonds is 4. The van der Waals surface area contributed by atoms with Crippen LogP contribution in [0.2, 0.25) is 0 Å². The average molecular weight is 306 g/mol. The maximum Gasteiger partial charge on any atom is 0.262 e. The minimum atomic E-state index is -3.72. The first-order chi connectivity index (χ1) is 9.85. The minimum absolute atomic E-state index is 0.133. The zero-order valence-electron chi connectivity index (χ0n) is 12.2. The summed E-state index contributed by atoms with van der Waals surface area (Å²) in [5.74, 6) is 0.456. The molecule has 0 aliphatic carbocycles. The van der Waals surface area contributed by atoms with Crippen molar-refractivity contribution in [3.63, 3.8) is 0 Å². The van der Waals surface area contributed by atoms with Gasteiger partial charge in [-0.3, -0.25) is 4.72 Å². The predicted molar refractivity (Wildman–Crippen MR) is 84.1 cm³/mol. The third kappa shape index (κ3) is 3.11. The van der Waals surface area contributed by atoms with E-state index in [9.17, 15) is 8.42 Å². The molecular weight excluding hydrogens is 288 g/mol. The highest BCUT2D eigenvalue weighted by atomic mass is 32.2. The van der Waals surface area contributed by atoms with Crippen LogP contribution in [0.5, 0.6) is 5.75 Å². The molecule has 0 bridgehead atoms. The lowest BCUT2D eigenvalue weighted by Gasteiger charge is -2.13. The molecule has 0 atom stereocenters. The fourth-order valence-electron chi connectivity index (χ4n) is 1.94. The predicted octanol–water partition coefficient (Wildman–Crippen LogP) is 2.70. The highest BCUT2D eigenvalue weighted by Gasteiger charge is 2.18. The number of sulfonamides is 1. The Balaban J connectivity index is 2.44. The van der Waals surface area contributed by atoms with Gasteiger partial charge in [-0.2, -0.15) is 0 Å². The Kier molecular flexibility index (Phi) is 4.09. The Bertz CT molecular complexity index is 747. The second-order valence-corrected chi connectivity index (χ2v) is 6.44. The number of nitrogens with two attached hydrogens (primary N) is 1. The lowest BCUT2D eigenvalue weighted by molar-refractivity contribution is 0.417. The number of nitrogens with one attached hydrogen (secondary N) is 1. The van der Waals surface area contributed by atoms with Crippen LogP contribution in [0.3, 0.4) is 0 Å². The van der Waals surface area contributed by atoms with Gasteiger partial charge < -0.3 is 10.5 Å². The lowest BCUT2D eigenvalue weighted by Crippen LogP contribution is -2.14. The van der Waals surface area contributed by atoms with Crippen molar-refractivity contribution in [2.24, 2.45) is 0 Å². The number of para-hydroxylation sites is 2. The Morgan fingerprint density at radius 2 is 1.81 bits per heavy atom. The number of benzene rings is 2. The standard InChI is InChI=1S/C15H18N2O3S/c1-10-8-12(9-13(16)11(10)2)21(18,19)17-14-6-4-5-7-15(14)20-3/h4-9,17H,16H2,1-3H3.